The highest BCUT2D eigenvalue weighted by Crippen LogP contribution is 2.27. The molecule has 1 saturated heterocycles. The van der Waals surface area contributed by atoms with Crippen LogP contribution < -0.4 is 5.32 Å². The number of hydrogen-bond acceptors (Lipinski definition) is 5. The van der Waals surface area contributed by atoms with Crippen molar-refractivity contribution < 1.29 is 26.4 Å². The van der Waals surface area contributed by atoms with Gasteiger partial charge in [0.15, 0.2) is 9.84 Å². The molecule has 7 nitrogen and oxygen atoms in total. The smallest absolute Gasteiger partial charge is 0.331 e. The number of aryl methyl sites for hydroxylation is 1. The molecule has 0 radical (unpaired) electrons. The second kappa shape index (κ2) is 7.14. The van der Waals surface area contributed by atoms with E-state index in [9.17, 15) is 26.4 Å². The van der Waals surface area contributed by atoms with Gasteiger partial charge in [-0.1, -0.05) is 0 Å². The lowest BCUT2D eigenvalue weighted by molar-refractivity contribution is -0.141. The number of amides is 2. The van der Waals surface area contributed by atoms with Gasteiger partial charge in [-0.2, -0.15) is 13.2 Å². The monoisotopic (exact) mass is 380 g/mol. The van der Waals surface area contributed by atoms with Crippen molar-refractivity contribution in [3.8, 4) is 0 Å². The van der Waals surface area contributed by atoms with Crippen molar-refractivity contribution in [2.45, 2.75) is 39.0 Å². The minimum absolute atomic E-state index is 0.0252. The Morgan fingerprint density at radius 2 is 2.08 bits per heavy atom. The molecule has 0 bridgehead atoms. The van der Waals surface area contributed by atoms with E-state index >= 15 is 0 Å². The van der Waals surface area contributed by atoms with Crippen molar-refractivity contribution >= 4 is 15.9 Å². The average molecular weight is 380 g/mol. The van der Waals surface area contributed by atoms with Gasteiger partial charge in [-0.25, -0.2) is 23.2 Å². The maximum absolute atomic E-state index is 12.8. The summed E-state index contributed by atoms with van der Waals surface area (Å²) in [4.78, 5) is 20.9. The number of nitrogens with one attached hydrogen (secondary N) is 1. The number of urea groups is 1. The number of carbonyl (C=O) groups is 1. The summed E-state index contributed by atoms with van der Waals surface area (Å²) in [5, 5.41) is 2.46. The Bertz CT molecular complexity index is 752. The zero-order chi connectivity index (χ0) is 18.8. The van der Waals surface area contributed by atoms with Crippen molar-refractivity contribution in [1.82, 2.24) is 20.2 Å². The minimum Gasteiger partial charge on any atom is -0.331 e. The number of alkyl halides is 3. The van der Waals surface area contributed by atoms with Crippen molar-refractivity contribution in [3.05, 3.63) is 23.3 Å². The molecule has 0 unspecified atom stereocenters. The Hall–Kier alpha value is -1.91. The molecule has 1 aromatic rings. The van der Waals surface area contributed by atoms with Crippen LogP contribution in [0, 0.1) is 6.92 Å². The van der Waals surface area contributed by atoms with Crippen molar-refractivity contribution in [2.75, 3.05) is 18.1 Å². The highest BCUT2D eigenvalue weighted by atomic mass is 32.2. The summed E-state index contributed by atoms with van der Waals surface area (Å²) in [6.45, 7) is 3.12. The molecule has 2 heterocycles. The van der Waals surface area contributed by atoms with E-state index in [2.05, 4.69) is 15.3 Å². The Morgan fingerprint density at radius 1 is 1.40 bits per heavy atom. The van der Waals surface area contributed by atoms with E-state index in [1.165, 1.54) is 11.8 Å². The van der Waals surface area contributed by atoms with Gasteiger partial charge < -0.3 is 10.2 Å². The highest BCUT2D eigenvalue weighted by molar-refractivity contribution is 7.91. The van der Waals surface area contributed by atoms with Crippen molar-refractivity contribution in [3.63, 3.8) is 0 Å². The molecule has 140 valence electrons. The standard InChI is InChI=1S/C14H19F3N4O3S/c1-3-21(10-4-5-25(23,24)8-10)13(22)18-7-12-19-9(2)6-11(20-12)14(15,16)17/h6,10H,3-5,7-8H2,1-2H3,(H,18,22)/t10-/m0/s1. The van der Waals surface area contributed by atoms with E-state index in [4.69, 9.17) is 0 Å². The molecule has 1 fully saturated rings. The van der Waals surface area contributed by atoms with Gasteiger partial charge in [-0.3, -0.25) is 0 Å². The summed E-state index contributed by atoms with van der Waals surface area (Å²) < 4.78 is 61.4. The van der Waals surface area contributed by atoms with Crippen LogP contribution in [0.1, 0.15) is 30.6 Å². The van der Waals surface area contributed by atoms with Crippen molar-refractivity contribution in [1.29, 1.82) is 0 Å². The second-order valence-electron chi connectivity index (χ2n) is 5.81. The van der Waals surface area contributed by atoms with Gasteiger partial charge in [0.2, 0.25) is 0 Å². The molecule has 2 amide bonds. The number of nitrogens with zero attached hydrogens (tertiary/aromatic N) is 3. The predicted octanol–water partition coefficient (Wildman–Crippen LogP) is 1.52. The third-order valence-electron chi connectivity index (χ3n) is 3.84. The molecule has 1 aliphatic heterocycles. The molecule has 2 rings (SSSR count). The van der Waals surface area contributed by atoms with Crippen molar-refractivity contribution in [2.24, 2.45) is 0 Å². The van der Waals surface area contributed by atoms with Crippen LogP contribution in [0.3, 0.4) is 0 Å². The van der Waals surface area contributed by atoms with Crippen LogP contribution >= 0.6 is 0 Å². The molecule has 0 spiro atoms. The lowest BCUT2D eigenvalue weighted by Crippen LogP contribution is -2.46. The van der Waals surface area contributed by atoms with E-state index in [1.54, 1.807) is 6.92 Å². The summed E-state index contributed by atoms with van der Waals surface area (Å²) in [5.74, 6) is -0.235. The molecule has 1 atom stereocenters. The third kappa shape index (κ3) is 5.03. The molecule has 0 aliphatic carbocycles. The second-order valence-corrected chi connectivity index (χ2v) is 8.04. The fraction of sp³-hybridized carbons (Fsp3) is 0.643. The summed E-state index contributed by atoms with van der Waals surface area (Å²) in [7, 11) is -3.15. The highest BCUT2D eigenvalue weighted by Gasteiger charge is 2.35. The van der Waals surface area contributed by atoms with Gasteiger partial charge in [-0.15, -0.1) is 0 Å². The van der Waals surface area contributed by atoms with Gasteiger partial charge in [0.1, 0.15) is 11.5 Å². The van der Waals surface area contributed by atoms with E-state index in [0.717, 1.165) is 6.07 Å². The zero-order valence-electron chi connectivity index (χ0n) is 13.8. The van der Waals surface area contributed by atoms with Gasteiger partial charge in [-0.05, 0) is 26.3 Å². The summed E-state index contributed by atoms with van der Waals surface area (Å²) >= 11 is 0. The first kappa shape index (κ1) is 19.4. The van der Waals surface area contributed by atoms with Crippen LogP contribution in [0.2, 0.25) is 0 Å². The zero-order valence-corrected chi connectivity index (χ0v) is 14.6. The van der Waals surface area contributed by atoms with Crippen LogP contribution in [-0.4, -0.2) is 53.4 Å². The summed E-state index contributed by atoms with van der Waals surface area (Å²) in [5.41, 5.74) is -0.931. The average Bonchev–Trinajstić information content (AvgIpc) is 2.84. The van der Waals surface area contributed by atoms with E-state index in [-0.39, 0.29) is 36.1 Å². The van der Waals surface area contributed by atoms with Crippen LogP contribution in [0.4, 0.5) is 18.0 Å². The molecule has 1 aliphatic rings. The predicted molar refractivity (Wildman–Crippen MR) is 83.4 cm³/mol. The van der Waals surface area contributed by atoms with E-state index in [1.807, 2.05) is 0 Å². The number of hydrogen-bond donors (Lipinski definition) is 1. The number of aromatic nitrogens is 2. The van der Waals surface area contributed by atoms with Gasteiger partial charge in [0, 0.05) is 18.3 Å². The normalized spacial score (nSPS) is 19.6. The molecule has 11 heteroatoms. The quantitative estimate of drug-likeness (QED) is 0.855. The molecule has 25 heavy (non-hydrogen) atoms. The first-order valence-corrected chi connectivity index (χ1v) is 9.50. The van der Waals surface area contributed by atoms with Crippen LogP contribution in [0.25, 0.3) is 0 Å². The largest absolute Gasteiger partial charge is 0.433 e. The molecular weight excluding hydrogens is 361 g/mol. The first-order valence-electron chi connectivity index (χ1n) is 7.68. The third-order valence-corrected chi connectivity index (χ3v) is 5.59. The molecular formula is C14H19F3N4O3S. The topological polar surface area (TPSA) is 92.3 Å². The van der Waals surface area contributed by atoms with Gasteiger partial charge in [0.25, 0.3) is 0 Å². The minimum atomic E-state index is -4.60. The Kier molecular flexibility index (Phi) is 5.55. The maximum Gasteiger partial charge on any atom is 0.433 e. The van der Waals surface area contributed by atoms with E-state index < -0.39 is 33.8 Å². The summed E-state index contributed by atoms with van der Waals surface area (Å²) in [6.07, 6.45) is -4.25. The Balaban J connectivity index is 2.05. The van der Waals surface area contributed by atoms with Gasteiger partial charge in [0.05, 0.1) is 18.1 Å². The fourth-order valence-corrected chi connectivity index (χ4v) is 4.43. The first-order chi connectivity index (χ1) is 11.5. The van der Waals surface area contributed by atoms with Gasteiger partial charge >= 0.3 is 12.2 Å². The molecule has 0 saturated carbocycles. The maximum atomic E-state index is 12.8. The fourth-order valence-electron chi connectivity index (χ4n) is 2.70. The van der Waals surface area contributed by atoms with Crippen LogP contribution in [0.15, 0.2) is 6.07 Å². The molecule has 0 aromatic carbocycles. The number of carbonyl (C=O) groups excluding carboxylic acids is 1. The van der Waals surface area contributed by atoms with Crippen LogP contribution in [-0.2, 0) is 22.6 Å². The van der Waals surface area contributed by atoms with Crippen LogP contribution in [0.5, 0.6) is 0 Å². The number of rotatable bonds is 4. The Morgan fingerprint density at radius 3 is 2.60 bits per heavy atom. The Labute approximate surface area is 143 Å². The number of sulfone groups is 1. The summed E-state index contributed by atoms with van der Waals surface area (Å²) in [6, 6.07) is -0.157. The lowest BCUT2D eigenvalue weighted by atomic mass is 10.2. The lowest BCUT2D eigenvalue weighted by Gasteiger charge is -2.26. The number of halogens is 3. The van der Waals surface area contributed by atoms with E-state index in [0.29, 0.717) is 6.42 Å². The SMILES string of the molecule is CCN(C(=O)NCc1nc(C)cc(C(F)(F)F)n1)[C@H]1CCS(=O)(=O)C1. The molecule has 1 aromatic heterocycles. The molecule has 1 N–H and O–H groups in total.